The normalized spacial score (nSPS) is 10.6. The van der Waals surface area contributed by atoms with Crippen molar-refractivity contribution in [1.29, 1.82) is 0 Å². The summed E-state index contributed by atoms with van der Waals surface area (Å²) in [6.07, 6.45) is 0. The Balaban J connectivity index is 1.84. The van der Waals surface area contributed by atoms with Gasteiger partial charge in [0.25, 0.3) is 11.8 Å². The molecule has 0 atom stereocenters. The fourth-order valence-electron chi connectivity index (χ4n) is 2.85. The van der Waals surface area contributed by atoms with Crippen molar-refractivity contribution in [3.63, 3.8) is 0 Å². The maximum Gasteiger partial charge on any atom is 0.275 e. The number of benzene rings is 2. The molecule has 0 aliphatic heterocycles. The van der Waals surface area contributed by atoms with Crippen molar-refractivity contribution in [2.45, 2.75) is 20.8 Å². The highest BCUT2D eigenvalue weighted by atomic mass is 35.5. The number of carbonyl (C=O) groups is 2. The van der Waals surface area contributed by atoms with Gasteiger partial charge in [0.1, 0.15) is 22.8 Å². The largest absolute Gasteiger partial charge is 0.360 e. The molecule has 8 heteroatoms. The maximum absolute atomic E-state index is 14.2. The number of halogens is 2. The first-order valence-corrected chi connectivity index (χ1v) is 8.76. The second-order valence-electron chi connectivity index (χ2n) is 6.29. The molecule has 0 aliphatic carbocycles. The Morgan fingerprint density at radius 2 is 1.79 bits per heavy atom. The average molecular weight is 402 g/mol. The van der Waals surface area contributed by atoms with E-state index in [-0.39, 0.29) is 27.6 Å². The quantitative estimate of drug-likeness (QED) is 0.646. The third kappa shape index (κ3) is 3.75. The molecule has 0 spiro atoms. The van der Waals surface area contributed by atoms with Crippen molar-refractivity contribution in [1.82, 2.24) is 16.0 Å². The van der Waals surface area contributed by atoms with Gasteiger partial charge in [-0.2, -0.15) is 0 Å². The molecular formula is C20H17ClFN3O3. The summed E-state index contributed by atoms with van der Waals surface area (Å²) in [5.41, 5.74) is 6.76. The Kier molecular flexibility index (Phi) is 5.46. The predicted octanol–water partition coefficient (Wildman–Crippen LogP) is 4.13. The first-order valence-electron chi connectivity index (χ1n) is 8.38. The maximum atomic E-state index is 14.2. The van der Waals surface area contributed by atoms with E-state index in [0.717, 1.165) is 11.1 Å². The first-order chi connectivity index (χ1) is 13.3. The molecule has 3 aromatic rings. The summed E-state index contributed by atoms with van der Waals surface area (Å²) in [6, 6.07) is 9.45. The topological polar surface area (TPSA) is 84.2 Å². The van der Waals surface area contributed by atoms with Crippen LogP contribution in [0.1, 0.15) is 37.6 Å². The zero-order chi connectivity index (χ0) is 20.4. The second-order valence-corrected chi connectivity index (χ2v) is 6.69. The lowest BCUT2D eigenvalue weighted by Gasteiger charge is -2.10. The number of amides is 2. The number of hydrogen-bond acceptors (Lipinski definition) is 4. The van der Waals surface area contributed by atoms with Crippen LogP contribution < -0.4 is 10.9 Å². The van der Waals surface area contributed by atoms with Gasteiger partial charge in [0.05, 0.1) is 10.6 Å². The molecule has 0 saturated heterocycles. The lowest BCUT2D eigenvalue weighted by molar-refractivity contribution is 0.0845. The summed E-state index contributed by atoms with van der Waals surface area (Å²) >= 11 is 6.06. The molecule has 3 rings (SSSR count). The average Bonchev–Trinajstić information content (AvgIpc) is 3.00. The molecule has 144 valence electrons. The van der Waals surface area contributed by atoms with E-state index in [0.29, 0.717) is 5.56 Å². The van der Waals surface area contributed by atoms with E-state index >= 15 is 0 Å². The zero-order valence-electron chi connectivity index (χ0n) is 15.4. The van der Waals surface area contributed by atoms with Crippen LogP contribution in [0.2, 0.25) is 5.02 Å². The van der Waals surface area contributed by atoms with E-state index in [1.807, 2.05) is 13.0 Å². The fourth-order valence-corrected chi connectivity index (χ4v) is 3.10. The van der Waals surface area contributed by atoms with Crippen LogP contribution in [-0.4, -0.2) is 17.0 Å². The van der Waals surface area contributed by atoms with E-state index in [1.165, 1.54) is 25.1 Å². The van der Waals surface area contributed by atoms with Crippen LogP contribution in [0.25, 0.3) is 11.3 Å². The number of rotatable bonds is 3. The highest BCUT2D eigenvalue weighted by Gasteiger charge is 2.25. The fraction of sp³-hybridized carbons (Fsp3) is 0.150. The molecule has 0 radical (unpaired) electrons. The Labute approximate surface area is 165 Å². The predicted molar refractivity (Wildman–Crippen MR) is 102 cm³/mol. The van der Waals surface area contributed by atoms with Crippen LogP contribution >= 0.6 is 11.6 Å². The molecule has 0 aliphatic rings. The van der Waals surface area contributed by atoms with E-state index in [2.05, 4.69) is 16.0 Å². The lowest BCUT2D eigenvalue weighted by atomic mass is 10.0. The van der Waals surface area contributed by atoms with Crippen molar-refractivity contribution >= 4 is 23.4 Å². The van der Waals surface area contributed by atoms with Crippen LogP contribution in [-0.2, 0) is 0 Å². The minimum absolute atomic E-state index is 0.0204. The number of aromatic nitrogens is 1. The van der Waals surface area contributed by atoms with Gasteiger partial charge in [-0.3, -0.25) is 20.4 Å². The Morgan fingerprint density at radius 3 is 2.46 bits per heavy atom. The third-order valence-electron chi connectivity index (χ3n) is 4.21. The molecule has 1 heterocycles. The minimum Gasteiger partial charge on any atom is -0.360 e. The van der Waals surface area contributed by atoms with Gasteiger partial charge in [0.15, 0.2) is 0 Å². The number of aryl methyl sites for hydroxylation is 3. The molecule has 0 unspecified atom stereocenters. The molecule has 2 N–H and O–H groups in total. The molecule has 2 amide bonds. The van der Waals surface area contributed by atoms with Gasteiger partial charge in [-0.15, -0.1) is 0 Å². The third-order valence-corrected chi connectivity index (χ3v) is 4.52. The Bertz CT molecular complexity index is 1060. The van der Waals surface area contributed by atoms with Crippen molar-refractivity contribution in [3.8, 4) is 11.3 Å². The van der Waals surface area contributed by atoms with Crippen LogP contribution in [0.4, 0.5) is 4.39 Å². The van der Waals surface area contributed by atoms with Crippen molar-refractivity contribution in [3.05, 3.63) is 75.3 Å². The highest BCUT2D eigenvalue weighted by molar-refractivity contribution is 6.33. The number of carbonyl (C=O) groups excluding carboxylic acids is 2. The summed E-state index contributed by atoms with van der Waals surface area (Å²) in [5, 5.41) is 3.85. The van der Waals surface area contributed by atoms with E-state index in [4.69, 9.17) is 16.1 Å². The Hall–Kier alpha value is -3.19. The van der Waals surface area contributed by atoms with Gasteiger partial charge in [-0.25, -0.2) is 4.39 Å². The summed E-state index contributed by atoms with van der Waals surface area (Å²) in [6.45, 7) is 5.22. The van der Waals surface area contributed by atoms with Crippen LogP contribution in [0.15, 0.2) is 40.9 Å². The number of nitrogens with zero attached hydrogens (tertiary/aromatic N) is 1. The molecule has 0 bridgehead atoms. The molecule has 1 aromatic heterocycles. The zero-order valence-corrected chi connectivity index (χ0v) is 16.1. The smallest absolute Gasteiger partial charge is 0.275 e. The summed E-state index contributed by atoms with van der Waals surface area (Å²) < 4.78 is 19.3. The standard InChI is InChI=1S/C20H17ClFN3O3/c1-10-7-8-13(11(2)9-10)19(26)23-24-20(27)16-12(3)28-25-18(16)17-14(21)5-4-6-15(17)22/h4-9H,1-3H3,(H,23,26)(H,24,27). The van der Waals surface area contributed by atoms with E-state index in [9.17, 15) is 14.0 Å². The summed E-state index contributed by atoms with van der Waals surface area (Å²) in [4.78, 5) is 25.0. The van der Waals surface area contributed by atoms with E-state index < -0.39 is 17.6 Å². The van der Waals surface area contributed by atoms with Gasteiger partial charge in [0, 0.05) is 5.56 Å². The highest BCUT2D eigenvalue weighted by Crippen LogP contribution is 2.33. The van der Waals surface area contributed by atoms with Crippen LogP contribution in [0.3, 0.4) is 0 Å². The summed E-state index contributed by atoms with van der Waals surface area (Å²) in [7, 11) is 0. The van der Waals surface area contributed by atoms with Gasteiger partial charge in [-0.1, -0.05) is 40.5 Å². The molecule has 0 saturated carbocycles. The minimum atomic E-state index is -0.703. The summed E-state index contributed by atoms with van der Waals surface area (Å²) in [5.74, 6) is -1.67. The van der Waals surface area contributed by atoms with Crippen LogP contribution in [0, 0.1) is 26.6 Å². The number of hydrazine groups is 1. The second kappa shape index (κ2) is 7.82. The number of hydrogen-bond donors (Lipinski definition) is 2. The van der Waals surface area contributed by atoms with Gasteiger partial charge in [-0.05, 0) is 44.5 Å². The monoisotopic (exact) mass is 401 g/mol. The SMILES string of the molecule is Cc1ccc(C(=O)NNC(=O)c2c(-c3c(F)cccc3Cl)noc2C)c(C)c1. The van der Waals surface area contributed by atoms with Gasteiger partial charge < -0.3 is 4.52 Å². The van der Waals surface area contributed by atoms with Gasteiger partial charge >= 0.3 is 0 Å². The molecule has 28 heavy (non-hydrogen) atoms. The molecule has 6 nitrogen and oxygen atoms in total. The molecule has 2 aromatic carbocycles. The van der Waals surface area contributed by atoms with Crippen LogP contribution in [0.5, 0.6) is 0 Å². The van der Waals surface area contributed by atoms with Gasteiger partial charge in [0.2, 0.25) is 0 Å². The van der Waals surface area contributed by atoms with Crippen molar-refractivity contribution < 1.29 is 18.5 Å². The van der Waals surface area contributed by atoms with E-state index in [1.54, 1.807) is 19.1 Å². The Morgan fingerprint density at radius 1 is 1.07 bits per heavy atom. The molecular weight excluding hydrogens is 385 g/mol. The van der Waals surface area contributed by atoms with Crippen molar-refractivity contribution in [2.75, 3.05) is 0 Å². The van der Waals surface area contributed by atoms with Crippen molar-refractivity contribution in [2.24, 2.45) is 0 Å². The lowest BCUT2D eigenvalue weighted by Crippen LogP contribution is -2.42. The first kappa shape index (κ1) is 19.6. The number of nitrogens with one attached hydrogen (secondary N) is 2. The molecule has 0 fully saturated rings.